The smallest absolute Gasteiger partial charge is 0.340 e. The average Bonchev–Trinajstić information content (AvgIpc) is 2.79. The molecule has 2 heterocycles. The quantitative estimate of drug-likeness (QED) is 0.434. The van der Waals surface area contributed by atoms with Gasteiger partial charge in [0, 0.05) is 24.8 Å². The number of hydrazone groups is 1. The molecule has 1 aliphatic heterocycles. The Morgan fingerprint density at radius 2 is 2.06 bits per heavy atom. The van der Waals surface area contributed by atoms with Crippen molar-refractivity contribution in [2.45, 2.75) is 31.5 Å². The second-order valence-corrected chi connectivity index (χ2v) is 8.93. The van der Waals surface area contributed by atoms with Gasteiger partial charge in [-0.1, -0.05) is 18.3 Å². The van der Waals surface area contributed by atoms with Gasteiger partial charge in [-0.3, -0.25) is 9.59 Å². The van der Waals surface area contributed by atoms with Gasteiger partial charge in [0.15, 0.2) is 0 Å². The van der Waals surface area contributed by atoms with E-state index in [-0.39, 0.29) is 23.8 Å². The molecule has 1 aromatic heterocycles. The van der Waals surface area contributed by atoms with E-state index in [1.165, 1.54) is 24.3 Å². The molecule has 3 rings (SSSR count). The van der Waals surface area contributed by atoms with Crippen LogP contribution in [-0.4, -0.2) is 83.1 Å². The number of aromatic nitrogens is 1. The molecule has 8 nitrogen and oxygen atoms in total. The molecule has 2 aliphatic rings. The number of alkyl halides is 3. The van der Waals surface area contributed by atoms with Crippen LogP contribution in [-0.2, 0) is 11.2 Å². The Labute approximate surface area is 206 Å². The van der Waals surface area contributed by atoms with Crippen LogP contribution in [0.2, 0.25) is 0 Å². The van der Waals surface area contributed by atoms with E-state index in [2.05, 4.69) is 25.7 Å². The van der Waals surface area contributed by atoms with Crippen LogP contribution in [0.3, 0.4) is 0 Å². The Hall–Kier alpha value is -3.12. The first kappa shape index (κ1) is 26.5. The molecule has 0 aromatic carbocycles. The zero-order valence-electron chi connectivity index (χ0n) is 19.4. The molecule has 188 valence electrons. The molecule has 0 saturated carbocycles. The van der Waals surface area contributed by atoms with Crippen molar-refractivity contribution in [2.24, 2.45) is 5.10 Å². The number of nitrogens with one attached hydrogen (secondary N) is 2. The lowest BCUT2D eigenvalue weighted by Crippen LogP contribution is -2.49. The van der Waals surface area contributed by atoms with Gasteiger partial charge in [-0.05, 0) is 57.3 Å². The summed E-state index contributed by atoms with van der Waals surface area (Å²) < 4.78 is 37.8. The largest absolute Gasteiger partial charge is 0.394 e. The van der Waals surface area contributed by atoms with Gasteiger partial charge >= 0.3 is 6.18 Å². The van der Waals surface area contributed by atoms with E-state index in [1.54, 1.807) is 12.2 Å². The number of hydrogen-bond donors (Lipinski definition) is 2. The number of carbonyl (C=O) groups excluding carboxylic acids is 2. The molecule has 35 heavy (non-hydrogen) atoms. The van der Waals surface area contributed by atoms with E-state index in [0.29, 0.717) is 28.9 Å². The molecule has 1 fully saturated rings. The first-order valence-corrected chi connectivity index (χ1v) is 11.5. The minimum Gasteiger partial charge on any atom is -0.340 e. The summed E-state index contributed by atoms with van der Waals surface area (Å²) >= 11 is 5.31. The molecular formula is C23H27F3N6O2S. The third kappa shape index (κ3) is 7.96. The standard InChI is InChI=1S/C23H27F3N6O2S/c1-31(2)17-6-4-10-32(14-17)21(33)13-27-30-18-9-8-15(11-20(18)35)29-22(34)19-7-3-5-16(28-19)12-23(24,25)26/h3,5,7-9,11,17,27H,4,6,10,12-14H2,1-2H3,(H,29,34)/b30-18-/t17-/m1/s1. The van der Waals surface area contributed by atoms with E-state index in [0.717, 1.165) is 19.4 Å². The van der Waals surface area contributed by atoms with Crippen LogP contribution in [0.15, 0.2) is 47.2 Å². The Kier molecular flexibility index (Phi) is 8.73. The van der Waals surface area contributed by atoms with Crippen LogP contribution in [0, 0.1) is 0 Å². The Morgan fingerprint density at radius 3 is 2.74 bits per heavy atom. The summed E-state index contributed by atoms with van der Waals surface area (Å²) in [6, 6.07) is 4.23. The van der Waals surface area contributed by atoms with Crippen LogP contribution in [0.1, 0.15) is 29.0 Å². The van der Waals surface area contributed by atoms with E-state index in [9.17, 15) is 22.8 Å². The fourth-order valence-corrected chi connectivity index (χ4v) is 3.94. The van der Waals surface area contributed by atoms with Gasteiger partial charge in [-0.2, -0.15) is 18.3 Å². The molecule has 2 N–H and O–H groups in total. The summed E-state index contributed by atoms with van der Waals surface area (Å²) in [7, 11) is 4.01. The molecular weight excluding hydrogens is 481 g/mol. The first-order valence-electron chi connectivity index (χ1n) is 11.0. The highest BCUT2D eigenvalue weighted by Gasteiger charge is 2.29. The summed E-state index contributed by atoms with van der Waals surface area (Å²) in [6.07, 6.45) is 1.02. The average molecular weight is 509 g/mol. The van der Waals surface area contributed by atoms with Crippen molar-refractivity contribution in [2.75, 3.05) is 33.7 Å². The number of piperidine rings is 1. The van der Waals surface area contributed by atoms with Crippen molar-refractivity contribution < 1.29 is 22.8 Å². The predicted octanol–water partition coefficient (Wildman–Crippen LogP) is 2.24. The van der Waals surface area contributed by atoms with Crippen molar-refractivity contribution in [1.29, 1.82) is 0 Å². The number of nitrogens with zero attached hydrogens (tertiary/aromatic N) is 4. The zero-order valence-corrected chi connectivity index (χ0v) is 20.2. The van der Waals surface area contributed by atoms with Gasteiger partial charge in [-0.25, -0.2) is 4.98 Å². The molecule has 0 spiro atoms. The maximum atomic E-state index is 12.6. The van der Waals surface area contributed by atoms with Gasteiger partial charge in [0.05, 0.1) is 17.0 Å². The molecule has 0 bridgehead atoms. The number of thiocarbonyl (C=S) groups is 1. The number of pyridine rings is 1. The number of halogens is 3. The Bertz CT molecular complexity index is 1070. The van der Waals surface area contributed by atoms with Gasteiger partial charge in [0.25, 0.3) is 5.91 Å². The van der Waals surface area contributed by atoms with E-state index >= 15 is 0 Å². The van der Waals surface area contributed by atoms with Gasteiger partial charge in [-0.15, -0.1) is 0 Å². The van der Waals surface area contributed by atoms with Crippen molar-refractivity contribution in [3.63, 3.8) is 0 Å². The number of carbonyl (C=O) groups is 2. The van der Waals surface area contributed by atoms with Gasteiger partial charge < -0.3 is 20.5 Å². The molecule has 0 unspecified atom stereocenters. The summed E-state index contributed by atoms with van der Waals surface area (Å²) in [6.45, 7) is 1.44. The van der Waals surface area contributed by atoms with E-state index in [4.69, 9.17) is 12.2 Å². The molecule has 0 radical (unpaired) electrons. The molecule has 1 saturated heterocycles. The minimum absolute atomic E-state index is 0.0351. The predicted molar refractivity (Wildman–Crippen MR) is 130 cm³/mol. The summed E-state index contributed by atoms with van der Waals surface area (Å²) in [5, 5.41) is 6.75. The van der Waals surface area contributed by atoms with Crippen LogP contribution >= 0.6 is 12.2 Å². The van der Waals surface area contributed by atoms with Gasteiger partial charge in [0.2, 0.25) is 5.91 Å². The lowest BCUT2D eigenvalue weighted by molar-refractivity contribution is -0.132. The topological polar surface area (TPSA) is 89.9 Å². The molecule has 1 atom stereocenters. The van der Waals surface area contributed by atoms with Gasteiger partial charge in [0.1, 0.15) is 18.0 Å². The number of amides is 2. The Balaban J connectivity index is 1.52. The molecule has 1 aromatic rings. The SMILES string of the molecule is CN(C)[C@@H]1CCCN(C(=O)CN/N=C2/C=CC(NC(=O)c3cccc(CC(F)(F)F)n3)=CC2=S)C1. The van der Waals surface area contributed by atoms with Crippen LogP contribution in [0.5, 0.6) is 0 Å². The second kappa shape index (κ2) is 11.5. The molecule has 12 heteroatoms. The number of allylic oxidation sites excluding steroid dienone is 3. The van der Waals surface area contributed by atoms with Crippen LogP contribution < -0.4 is 10.7 Å². The van der Waals surface area contributed by atoms with Crippen molar-refractivity contribution in [3.05, 3.63) is 53.5 Å². The maximum absolute atomic E-state index is 12.6. The van der Waals surface area contributed by atoms with Crippen LogP contribution in [0.25, 0.3) is 0 Å². The molecule has 2 amide bonds. The monoisotopic (exact) mass is 508 g/mol. The molecule has 1 aliphatic carbocycles. The fourth-order valence-electron chi connectivity index (χ4n) is 3.70. The summed E-state index contributed by atoms with van der Waals surface area (Å²) in [5.74, 6) is -0.704. The lowest BCUT2D eigenvalue weighted by atomic mass is 10.0. The van der Waals surface area contributed by atoms with Crippen molar-refractivity contribution in [1.82, 2.24) is 25.5 Å². The third-order valence-corrected chi connectivity index (χ3v) is 5.87. The fraction of sp³-hybridized carbons (Fsp3) is 0.435. The highest BCUT2D eigenvalue weighted by atomic mass is 32.1. The zero-order chi connectivity index (χ0) is 25.6. The van der Waals surface area contributed by atoms with E-state index < -0.39 is 18.5 Å². The summed E-state index contributed by atoms with van der Waals surface area (Å²) in [5.41, 5.74) is 3.14. The summed E-state index contributed by atoms with van der Waals surface area (Å²) in [4.78, 5) is 33.0. The lowest BCUT2D eigenvalue weighted by Gasteiger charge is -2.36. The van der Waals surface area contributed by atoms with Crippen molar-refractivity contribution >= 4 is 34.6 Å². The highest BCUT2D eigenvalue weighted by molar-refractivity contribution is 7.82. The van der Waals surface area contributed by atoms with E-state index in [1.807, 2.05) is 19.0 Å². The third-order valence-electron chi connectivity index (χ3n) is 5.55. The second-order valence-electron chi connectivity index (χ2n) is 8.49. The number of likely N-dealkylation sites (tertiary alicyclic amines) is 1. The first-order chi connectivity index (χ1) is 16.5. The minimum atomic E-state index is -4.42. The number of rotatable bonds is 7. The maximum Gasteiger partial charge on any atom is 0.394 e. The van der Waals surface area contributed by atoms with Crippen molar-refractivity contribution in [3.8, 4) is 0 Å². The highest BCUT2D eigenvalue weighted by Crippen LogP contribution is 2.20. The van der Waals surface area contributed by atoms with Crippen LogP contribution in [0.4, 0.5) is 13.2 Å². The normalized spacial score (nSPS) is 19.7. The number of hydrogen-bond acceptors (Lipinski definition) is 7. The number of likely N-dealkylation sites (N-methyl/N-ethyl adjacent to an activating group) is 1. The Morgan fingerprint density at radius 1 is 1.29 bits per heavy atom.